The Morgan fingerprint density at radius 2 is 1.55 bits per heavy atom. The van der Waals surface area contributed by atoms with Crippen molar-refractivity contribution in [3.8, 4) is 11.5 Å². The Hall–Kier alpha value is -3.60. The van der Waals surface area contributed by atoms with E-state index in [0.29, 0.717) is 24.7 Å². The molecule has 0 aliphatic heterocycles. The lowest BCUT2D eigenvalue weighted by atomic mass is 10.1. The number of hydrogen-bond donors (Lipinski definition) is 1. The number of carbonyl (C=O) groups is 1. The second-order valence-electron chi connectivity index (χ2n) is 7.60. The van der Waals surface area contributed by atoms with Crippen LogP contribution in [0.15, 0.2) is 84.0 Å². The number of carbonyl (C=O) groups excluding carboxylic acids is 1. The fraction of sp³-hybridized carbons (Fsp3) is 0.231. The molecular formula is C26H28N2O3. The maximum absolute atomic E-state index is 12.2. The highest BCUT2D eigenvalue weighted by atomic mass is 16.5. The van der Waals surface area contributed by atoms with E-state index in [2.05, 4.69) is 24.4 Å². The smallest absolute Gasteiger partial charge is 0.271 e. The molecule has 5 heteroatoms. The van der Waals surface area contributed by atoms with Gasteiger partial charge in [-0.2, -0.15) is 5.10 Å². The van der Waals surface area contributed by atoms with Crippen LogP contribution in [0.1, 0.15) is 41.8 Å². The van der Waals surface area contributed by atoms with E-state index in [-0.39, 0.29) is 5.91 Å². The second-order valence-corrected chi connectivity index (χ2v) is 7.60. The highest BCUT2D eigenvalue weighted by Gasteiger charge is 2.05. The summed E-state index contributed by atoms with van der Waals surface area (Å²) in [4.78, 5) is 12.2. The summed E-state index contributed by atoms with van der Waals surface area (Å²) in [6.45, 7) is 5.51. The van der Waals surface area contributed by atoms with Crippen molar-refractivity contribution in [3.05, 3.63) is 95.6 Å². The minimum Gasteiger partial charge on any atom is -0.494 e. The quantitative estimate of drug-likeness (QED) is 0.353. The summed E-state index contributed by atoms with van der Waals surface area (Å²) in [7, 11) is 0. The first-order valence-electron chi connectivity index (χ1n) is 10.4. The van der Waals surface area contributed by atoms with Crippen molar-refractivity contribution in [2.45, 2.75) is 26.9 Å². The molecule has 0 saturated heterocycles. The Kier molecular flexibility index (Phi) is 8.23. The first-order valence-corrected chi connectivity index (χ1v) is 10.4. The first kappa shape index (κ1) is 22.1. The third kappa shape index (κ3) is 7.63. The molecule has 0 aliphatic carbocycles. The van der Waals surface area contributed by atoms with Crippen LogP contribution in [0.3, 0.4) is 0 Å². The van der Waals surface area contributed by atoms with Gasteiger partial charge >= 0.3 is 0 Å². The van der Waals surface area contributed by atoms with Crippen LogP contribution in [0.25, 0.3) is 0 Å². The van der Waals surface area contributed by atoms with Crippen LogP contribution >= 0.6 is 0 Å². The van der Waals surface area contributed by atoms with Gasteiger partial charge in [0.05, 0.1) is 12.8 Å². The molecule has 31 heavy (non-hydrogen) atoms. The molecule has 0 aliphatic rings. The Bertz CT molecular complexity index is 966. The maximum Gasteiger partial charge on any atom is 0.271 e. The van der Waals surface area contributed by atoms with Gasteiger partial charge in [-0.3, -0.25) is 4.79 Å². The van der Waals surface area contributed by atoms with Crippen molar-refractivity contribution >= 4 is 12.1 Å². The van der Waals surface area contributed by atoms with Gasteiger partial charge in [-0.15, -0.1) is 0 Å². The molecule has 0 aromatic heterocycles. The van der Waals surface area contributed by atoms with Gasteiger partial charge < -0.3 is 9.47 Å². The van der Waals surface area contributed by atoms with Gasteiger partial charge in [0.2, 0.25) is 0 Å². The van der Waals surface area contributed by atoms with Crippen molar-refractivity contribution in [3.63, 3.8) is 0 Å². The van der Waals surface area contributed by atoms with Crippen LogP contribution in [0.2, 0.25) is 0 Å². The van der Waals surface area contributed by atoms with Crippen molar-refractivity contribution in [1.29, 1.82) is 0 Å². The van der Waals surface area contributed by atoms with Gasteiger partial charge in [0.1, 0.15) is 18.1 Å². The van der Waals surface area contributed by atoms with E-state index in [1.807, 2.05) is 54.6 Å². The summed E-state index contributed by atoms with van der Waals surface area (Å²) in [5.41, 5.74) is 5.05. The summed E-state index contributed by atoms with van der Waals surface area (Å²) in [5.74, 6) is 1.87. The molecule has 0 saturated carbocycles. The third-order valence-corrected chi connectivity index (χ3v) is 4.59. The molecule has 1 amide bonds. The lowest BCUT2D eigenvalue weighted by molar-refractivity contribution is 0.0955. The van der Waals surface area contributed by atoms with Crippen molar-refractivity contribution in [1.82, 2.24) is 5.43 Å². The summed E-state index contributed by atoms with van der Waals surface area (Å²) in [6, 6.07) is 24.6. The topological polar surface area (TPSA) is 59.9 Å². The van der Waals surface area contributed by atoms with E-state index in [1.165, 1.54) is 0 Å². The zero-order chi connectivity index (χ0) is 21.9. The van der Waals surface area contributed by atoms with E-state index in [0.717, 1.165) is 29.0 Å². The lowest BCUT2D eigenvalue weighted by Crippen LogP contribution is -2.17. The molecule has 1 N–H and O–H groups in total. The minimum atomic E-state index is -0.271. The number of hydrazone groups is 1. The summed E-state index contributed by atoms with van der Waals surface area (Å²) in [6.07, 6.45) is 2.60. The molecule has 3 aromatic carbocycles. The predicted molar refractivity (Wildman–Crippen MR) is 124 cm³/mol. The Balaban J connectivity index is 1.44. The first-order chi connectivity index (χ1) is 15.1. The van der Waals surface area contributed by atoms with E-state index in [9.17, 15) is 4.79 Å². The molecule has 160 valence electrons. The van der Waals surface area contributed by atoms with Crippen LogP contribution in [-0.2, 0) is 6.61 Å². The average molecular weight is 417 g/mol. The van der Waals surface area contributed by atoms with Gasteiger partial charge in [-0.1, -0.05) is 44.2 Å². The minimum absolute atomic E-state index is 0.271. The fourth-order valence-electron chi connectivity index (χ4n) is 2.74. The second kappa shape index (κ2) is 11.6. The van der Waals surface area contributed by atoms with Gasteiger partial charge in [0.25, 0.3) is 5.91 Å². The number of amides is 1. The monoisotopic (exact) mass is 416 g/mol. The molecule has 0 atom stereocenters. The van der Waals surface area contributed by atoms with E-state index in [1.54, 1.807) is 30.5 Å². The summed E-state index contributed by atoms with van der Waals surface area (Å²) >= 11 is 0. The largest absolute Gasteiger partial charge is 0.494 e. The molecule has 0 bridgehead atoms. The van der Waals surface area contributed by atoms with E-state index >= 15 is 0 Å². The number of benzene rings is 3. The Morgan fingerprint density at radius 1 is 0.903 bits per heavy atom. The van der Waals surface area contributed by atoms with E-state index in [4.69, 9.17) is 9.47 Å². The van der Waals surface area contributed by atoms with Crippen LogP contribution in [0, 0.1) is 5.92 Å². The van der Waals surface area contributed by atoms with Gasteiger partial charge in [-0.05, 0) is 72.0 Å². The zero-order valence-corrected chi connectivity index (χ0v) is 18.0. The summed E-state index contributed by atoms with van der Waals surface area (Å²) in [5, 5.41) is 4.04. The van der Waals surface area contributed by atoms with Crippen LogP contribution < -0.4 is 14.9 Å². The molecule has 0 heterocycles. The number of nitrogens with one attached hydrogen (secondary N) is 1. The number of nitrogens with zero attached hydrogens (tertiary/aromatic N) is 1. The average Bonchev–Trinajstić information content (AvgIpc) is 2.79. The predicted octanol–water partition coefficient (Wildman–Crippen LogP) is 5.45. The Labute approximate surface area is 183 Å². The molecule has 0 fully saturated rings. The van der Waals surface area contributed by atoms with Gasteiger partial charge in [0, 0.05) is 5.56 Å². The SMILES string of the molecule is CC(C)CCOc1ccc(C(=O)NN=Cc2ccc(OCc3ccccc3)cc2)cc1. The lowest BCUT2D eigenvalue weighted by Gasteiger charge is -2.08. The Morgan fingerprint density at radius 3 is 2.23 bits per heavy atom. The zero-order valence-electron chi connectivity index (χ0n) is 18.0. The van der Waals surface area contributed by atoms with Crippen LogP contribution in [0.5, 0.6) is 11.5 Å². The molecule has 0 spiro atoms. The van der Waals surface area contributed by atoms with Crippen LogP contribution in [0.4, 0.5) is 0 Å². The summed E-state index contributed by atoms with van der Waals surface area (Å²) < 4.78 is 11.4. The molecular weight excluding hydrogens is 388 g/mol. The third-order valence-electron chi connectivity index (χ3n) is 4.59. The van der Waals surface area contributed by atoms with E-state index < -0.39 is 0 Å². The van der Waals surface area contributed by atoms with Crippen LogP contribution in [-0.4, -0.2) is 18.7 Å². The van der Waals surface area contributed by atoms with Crippen molar-refractivity contribution in [2.24, 2.45) is 11.0 Å². The molecule has 3 aromatic rings. The molecule has 0 radical (unpaired) electrons. The molecule has 5 nitrogen and oxygen atoms in total. The number of hydrogen-bond acceptors (Lipinski definition) is 4. The molecule has 0 unspecified atom stereocenters. The molecule has 3 rings (SSSR count). The van der Waals surface area contributed by atoms with Gasteiger partial charge in [-0.25, -0.2) is 5.43 Å². The normalized spacial score (nSPS) is 10.9. The van der Waals surface area contributed by atoms with Crippen molar-refractivity contribution in [2.75, 3.05) is 6.61 Å². The van der Waals surface area contributed by atoms with Crippen molar-refractivity contribution < 1.29 is 14.3 Å². The highest BCUT2D eigenvalue weighted by molar-refractivity contribution is 5.95. The number of ether oxygens (including phenoxy) is 2. The highest BCUT2D eigenvalue weighted by Crippen LogP contribution is 2.14. The standard InChI is InChI=1S/C26H28N2O3/c1-20(2)16-17-30-24-14-10-23(11-15-24)26(29)28-27-18-21-8-12-25(13-9-21)31-19-22-6-4-3-5-7-22/h3-15,18,20H,16-17,19H2,1-2H3,(H,28,29). The maximum atomic E-state index is 12.2. The van der Waals surface area contributed by atoms with Gasteiger partial charge in [0.15, 0.2) is 0 Å². The number of rotatable bonds is 10. The fourth-order valence-corrected chi connectivity index (χ4v) is 2.74.